The van der Waals surface area contributed by atoms with Crippen LogP contribution in [0.4, 0.5) is 4.39 Å². The lowest BCUT2D eigenvalue weighted by Gasteiger charge is -2.11. The van der Waals surface area contributed by atoms with Crippen LogP contribution in [-0.4, -0.2) is 45.1 Å². The van der Waals surface area contributed by atoms with E-state index < -0.39 is 0 Å². The Balaban J connectivity index is 2.31. The topological polar surface area (TPSA) is 52.6 Å². The van der Waals surface area contributed by atoms with Crippen LogP contribution in [-0.2, 0) is 16.0 Å². The normalized spacial score (nSPS) is 10.8. The molecule has 0 atom stereocenters. The van der Waals surface area contributed by atoms with Crippen LogP contribution in [0.5, 0.6) is 5.88 Å². The van der Waals surface area contributed by atoms with Gasteiger partial charge in [-0.3, -0.25) is 0 Å². The number of hydrogen-bond acceptors (Lipinski definition) is 5. The molecule has 1 heterocycles. The maximum Gasteiger partial charge on any atom is 0.218 e. The van der Waals surface area contributed by atoms with Crippen molar-refractivity contribution in [1.82, 2.24) is 10.3 Å². The van der Waals surface area contributed by atoms with Crippen LogP contribution in [0.25, 0.3) is 0 Å². The van der Waals surface area contributed by atoms with Gasteiger partial charge in [-0.05, 0) is 12.6 Å². The summed E-state index contributed by atoms with van der Waals surface area (Å²) in [6.45, 7) is 5.61. The van der Waals surface area contributed by atoms with E-state index in [2.05, 4.69) is 10.3 Å². The minimum atomic E-state index is -0.354. The standard InChI is InChI=1S/C14H23FN2O3/c1-3-16-10-12-9-13(15)11-17-14(12)20-6-4-5-19-8-7-18-2/h9,11,16H,3-8,10H2,1-2H3. The van der Waals surface area contributed by atoms with Gasteiger partial charge in [0.05, 0.1) is 26.0 Å². The highest BCUT2D eigenvalue weighted by molar-refractivity contribution is 5.26. The van der Waals surface area contributed by atoms with Crippen LogP contribution in [0, 0.1) is 5.82 Å². The van der Waals surface area contributed by atoms with Crippen molar-refractivity contribution >= 4 is 0 Å². The van der Waals surface area contributed by atoms with Crippen LogP contribution >= 0.6 is 0 Å². The lowest BCUT2D eigenvalue weighted by Crippen LogP contribution is -2.14. The van der Waals surface area contributed by atoms with Crippen LogP contribution in [0.1, 0.15) is 18.9 Å². The van der Waals surface area contributed by atoms with Gasteiger partial charge in [0, 0.05) is 32.2 Å². The Morgan fingerprint density at radius 3 is 2.85 bits per heavy atom. The predicted octanol–water partition coefficient (Wildman–Crippen LogP) is 1.76. The second-order valence-corrected chi connectivity index (χ2v) is 4.21. The molecule has 0 amide bonds. The van der Waals surface area contributed by atoms with Gasteiger partial charge in [0.15, 0.2) is 0 Å². The second kappa shape index (κ2) is 10.5. The first-order valence-electron chi connectivity index (χ1n) is 6.82. The fraction of sp³-hybridized carbons (Fsp3) is 0.643. The van der Waals surface area contributed by atoms with Gasteiger partial charge in [0.1, 0.15) is 5.82 Å². The first-order valence-corrected chi connectivity index (χ1v) is 6.82. The monoisotopic (exact) mass is 286 g/mol. The van der Waals surface area contributed by atoms with E-state index in [-0.39, 0.29) is 5.82 Å². The van der Waals surface area contributed by atoms with E-state index in [0.717, 1.165) is 18.5 Å². The second-order valence-electron chi connectivity index (χ2n) is 4.21. The van der Waals surface area contributed by atoms with Gasteiger partial charge >= 0.3 is 0 Å². The molecule has 0 aliphatic carbocycles. The van der Waals surface area contributed by atoms with Gasteiger partial charge in [-0.2, -0.15) is 0 Å². The molecule has 0 fully saturated rings. The fourth-order valence-electron chi connectivity index (χ4n) is 1.56. The molecule has 0 aliphatic rings. The van der Waals surface area contributed by atoms with E-state index in [4.69, 9.17) is 14.2 Å². The molecule has 1 rings (SSSR count). The lowest BCUT2D eigenvalue weighted by atomic mass is 10.2. The van der Waals surface area contributed by atoms with Gasteiger partial charge in [-0.15, -0.1) is 0 Å². The Kier molecular flexibility index (Phi) is 8.86. The number of aromatic nitrogens is 1. The molecule has 1 N–H and O–H groups in total. The molecule has 0 unspecified atom stereocenters. The summed E-state index contributed by atoms with van der Waals surface area (Å²) in [7, 11) is 1.64. The van der Waals surface area contributed by atoms with Gasteiger partial charge in [-0.1, -0.05) is 6.92 Å². The molecule has 0 saturated heterocycles. The van der Waals surface area contributed by atoms with Gasteiger partial charge < -0.3 is 19.5 Å². The van der Waals surface area contributed by atoms with Crippen molar-refractivity contribution in [1.29, 1.82) is 0 Å². The Bertz CT molecular complexity index is 377. The molecule has 0 aromatic carbocycles. The number of halogens is 1. The summed E-state index contributed by atoms with van der Waals surface area (Å²) in [6, 6.07) is 1.44. The van der Waals surface area contributed by atoms with Gasteiger partial charge in [0.2, 0.25) is 5.88 Å². The summed E-state index contributed by atoms with van der Waals surface area (Å²) >= 11 is 0. The molecule has 5 nitrogen and oxygen atoms in total. The Morgan fingerprint density at radius 2 is 2.10 bits per heavy atom. The molecule has 1 aromatic rings. The number of nitrogens with one attached hydrogen (secondary N) is 1. The number of methoxy groups -OCH3 is 1. The molecular formula is C14H23FN2O3. The summed E-state index contributed by atoms with van der Waals surface area (Å²) in [6.07, 6.45) is 1.92. The highest BCUT2D eigenvalue weighted by atomic mass is 19.1. The van der Waals surface area contributed by atoms with Gasteiger partial charge in [0.25, 0.3) is 0 Å². The van der Waals surface area contributed by atoms with Crippen molar-refractivity contribution in [2.45, 2.75) is 19.9 Å². The third-order valence-corrected chi connectivity index (χ3v) is 2.56. The Morgan fingerprint density at radius 1 is 1.25 bits per heavy atom. The largest absolute Gasteiger partial charge is 0.477 e. The predicted molar refractivity (Wildman–Crippen MR) is 74.4 cm³/mol. The van der Waals surface area contributed by atoms with Crippen molar-refractivity contribution in [3.05, 3.63) is 23.6 Å². The molecule has 1 aromatic heterocycles. The van der Waals surface area contributed by atoms with E-state index in [9.17, 15) is 4.39 Å². The quantitative estimate of drug-likeness (QED) is 0.628. The molecule has 0 radical (unpaired) electrons. The molecule has 6 heteroatoms. The maximum atomic E-state index is 13.2. The molecule has 0 spiro atoms. The summed E-state index contributed by atoms with van der Waals surface area (Å²) in [4.78, 5) is 3.98. The number of ether oxygens (including phenoxy) is 3. The number of pyridine rings is 1. The summed E-state index contributed by atoms with van der Waals surface area (Å²) in [5, 5.41) is 3.13. The van der Waals surface area contributed by atoms with Crippen molar-refractivity contribution in [2.75, 3.05) is 40.1 Å². The average molecular weight is 286 g/mol. The molecule has 0 aliphatic heterocycles. The average Bonchev–Trinajstić information content (AvgIpc) is 2.45. The molecule has 0 saturated carbocycles. The minimum Gasteiger partial charge on any atom is -0.477 e. The van der Waals surface area contributed by atoms with Crippen LogP contribution in [0.15, 0.2) is 12.3 Å². The highest BCUT2D eigenvalue weighted by Crippen LogP contribution is 2.16. The molecule has 114 valence electrons. The lowest BCUT2D eigenvalue weighted by molar-refractivity contribution is 0.0641. The zero-order valence-corrected chi connectivity index (χ0v) is 12.2. The SMILES string of the molecule is CCNCc1cc(F)cnc1OCCCOCCOC. The van der Waals surface area contributed by atoms with E-state index in [1.165, 1.54) is 12.3 Å². The summed E-state index contributed by atoms with van der Waals surface area (Å²) < 4.78 is 28.9. The van der Waals surface area contributed by atoms with Crippen LogP contribution in [0.2, 0.25) is 0 Å². The van der Waals surface area contributed by atoms with E-state index in [1.54, 1.807) is 7.11 Å². The number of nitrogens with zero attached hydrogens (tertiary/aromatic N) is 1. The maximum absolute atomic E-state index is 13.2. The van der Waals surface area contributed by atoms with Crippen molar-refractivity contribution in [3.8, 4) is 5.88 Å². The zero-order chi connectivity index (χ0) is 14.6. The first kappa shape index (κ1) is 16.8. The van der Waals surface area contributed by atoms with Gasteiger partial charge in [-0.25, -0.2) is 9.37 Å². The third-order valence-electron chi connectivity index (χ3n) is 2.56. The zero-order valence-electron chi connectivity index (χ0n) is 12.2. The Hall–Kier alpha value is -1.24. The van der Waals surface area contributed by atoms with Crippen molar-refractivity contribution < 1.29 is 18.6 Å². The smallest absolute Gasteiger partial charge is 0.218 e. The summed E-state index contributed by atoms with van der Waals surface area (Å²) in [5.74, 6) is 0.123. The minimum absolute atomic E-state index is 0.354. The molecule has 0 bridgehead atoms. The Labute approximate surface area is 119 Å². The highest BCUT2D eigenvalue weighted by Gasteiger charge is 2.06. The van der Waals surface area contributed by atoms with E-state index >= 15 is 0 Å². The van der Waals surface area contributed by atoms with E-state index in [0.29, 0.717) is 38.9 Å². The van der Waals surface area contributed by atoms with E-state index in [1.807, 2.05) is 6.92 Å². The summed E-state index contributed by atoms with van der Waals surface area (Å²) in [5.41, 5.74) is 0.729. The third kappa shape index (κ3) is 6.79. The number of hydrogen-bond donors (Lipinski definition) is 1. The van der Waals surface area contributed by atoms with Crippen molar-refractivity contribution in [2.24, 2.45) is 0 Å². The first-order chi connectivity index (χ1) is 9.77. The fourth-order valence-corrected chi connectivity index (χ4v) is 1.56. The van der Waals surface area contributed by atoms with Crippen molar-refractivity contribution in [3.63, 3.8) is 0 Å². The molecule has 20 heavy (non-hydrogen) atoms. The number of rotatable bonds is 11. The van der Waals surface area contributed by atoms with Crippen LogP contribution < -0.4 is 10.1 Å². The molecular weight excluding hydrogens is 263 g/mol. The van der Waals surface area contributed by atoms with Crippen LogP contribution in [0.3, 0.4) is 0 Å².